The standard InChI is InChI=1S/C13H18O4/c1-3-16-10-17-13-7-6-12(15-2)9-11(13)5-4-8-14/h6-9H,3-5,10H2,1-2H3. The van der Waals surface area contributed by atoms with E-state index in [1.54, 1.807) is 7.11 Å². The third-order valence-corrected chi connectivity index (χ3v) is 2.30. The molecule has 0 atom stereocenters. The molecule has 94 valence electrons. The van der Waals surface area contributed by atoms with Gasteiger partial charge in [0.2, 0.25) is 0 Å². The topological polar surface area (TPSA) is 44.8 Å². The molecule has 0 heterocycles. The average molecular weight is 238 g/mol. The minimum atomic E-state index is 0.219. The molecule has 4 nitrogen and oxygen atoms in total. The largest absolute Gasteiger partial charge is 0.497 e. The zero-order valence-corrected chi connectivity index (χ0v) is 10.3. The molecule has 1 aromatic rings. The van der Waals surface area contributed by atoms with E-state index >= 15 is 0 Å². The zero-order chi connectivity index (χ0) is 12.5. The van der Waals surface area contributed by atoms with Gasteiger partial charge in [0.25, 0.3) is 0 Å². The van der Waals surface area contributed by atoms with Crippen LogP contribution in [0.25, 0.3) is 0 Å². The van der Waals surface area contributed by atoms with Crippen molar-refractivity contribution in [3.63, 3.8) is 0 Å². The molecule has 0 saturated heterocycles. The Labute approximate surface area is 101 Å². The van der Waals surface area contributed by atoms with Crippen LogP contribution in [-0.2, 0) is 16.0 Å². The molecule has 0 aliphatic heterocycles. The van der Waals surface area contributed by atoms with Gasteiger partial charge in [-0.15, -0.1) is 0 Å². The highest BCUT2D eigenvalue weighted by Gasteiger charge is 2.05. The van der Waals surface area contributed by atoms with Crippen molar-refractivity contribution in [2.75, 3.05) is 20.5 Å². The minimum Gasteiger partial charge on any atom is -0.497 e. The molecule has 1 rings (SSSR count). The summed E-state index contributed by atoms with van der Waals surface area (Å²) in [6.07, 6.45) is 2.01. The van der Waals surface area contributed by atoms with Crippen LogP contribution in [0.15, 0.2) is 18.2 Å². The summed E-state index contributed by atoms with van der Waals surface area (Å²) in [5, 5.41) is 0. The van der Waals surface area contributed by atoms with E-state index in [1.165, 1.54) is 0 Å². The van der Waals surface area contributed by atoms with Crippen LogP contribution < -0.4 is 9.47 Å². The maximum atomic E-state index is 10.4. The van der Waals surface area contributed by atoms with Crippen LogP contribution in [0.4, 0.5) is 0 Å². The average Bonchev–Trinajstić information content (AvgIpc) is 2.37. The van der Waals surface area contributed by atoms with Gasteiger partial charge in [-0.3, -0.25) is 0 Å². The fourth-order valence-electron chi connectivity index (χ4n) is 1.42. The van der Waals surface area contributed by atoms with Crippen molar-refractivity contribution in [3.8, 4) is 11.5 Å². The second-order valence-corrected chi connectivity index (χ2v) is 3.43. The first kappa shape index (κ1) is 13.5. The molecule has 0 bridgehead atoms. The first-order valence-electron chi connectivity index (χ1n) is 5.63. The molecule has 4 heteroatoms. The second-order valence-electron chi connectivity index (χ2n) is 3.43. The predicted octanol–water partition coefficient (Wildman–Crippen LogP) is 2.20. The molecular weight excluding hydrogens is 220 g/mol. The molecule has 0 unspecified atom stereocenters. The number of aryl methyl sites for hydroxylation is 1. The van der Waals surface area contributed by atoms with Gasteiger partial charge in [0.15, 0.2) is 6.79 Å². The lowest BCUT2D eigenvalue weighted by Crippen LogP contribution is -2.04. The molecule has 0 aliphatic carbocycles. The molecule has 17 heavy (non-hydrogen) atoms. The highest BCUT2D eigenvalue weighted by molar-refractivity contribution is 5.51. The third-order valence-electron chi connectivity index (χ3n) is 2.30. The Hall–Kier alpha value is -1.55. The SMILES string of the molecule is CCOCOc1ccc(OC)cc1CCC=O. The van der Waals surface area contributed by atoms with E-state index in [2.05, 4.69) is 0 Å². The Morgan fingerprint density at radius 3 is 2.82 bits per heavy atom. The Morgan fingerprint density at radius 2 is 2.18 bits per heavy atom. The lowest BCUT2D eigenvalue weighted by molar-refractivity contribution is -0.107. The van der Waals surface area contributed by atoms with Crippen molar-refractivity contribution in [2.45, 2.75) is 19.8 Å². The number of benzene rings is 1. The summed E-state index contributed by atoms with van der Waals surface area (Å²) in [5.74, 6) is 1.50. The number of carbonyl (C=O) groups is 1. The van der Waals surface area contributed by atoms with E-state index in [1.807, 2.05) is 25.1 Å². The lowest BCUT2D eigenvalue weighted by atomic mass is 10.1. The maximum Gasteiger partial charge on any atom is 0.189 e. The molecule has 0 amide bonds. The van der Waals surface area contributed by atoms with Crippen molar-refractivity contribution >= 4 is 6.29 Å². The van der Waals surface area contributed by atoms with Crippen LogP contribution >= 0.6 is 0 Å². The van der Waals surface area contributed by atoms with Gasteiger partial charge in [-0.05, 0) is 37.1 Å². The lowest BCUT2D eigenvalue weighted by Gasteiger charge is -2.12. The highest BCUT2D eigenvalue weighted by atomic mass is 16.7. The summed E-state index contributed by atoms with van der Waals surface area (Å²) in [6, 6.07) is 5.54. The van der Waals surface area contributed by atoms with Gasteiger partial charge in [0, 0.05) is 13.0 Å². The fourth-order valence-corrected chi connectivity index (χ4v) is 1.42. The van der Waals surface area contributed by atoms with E-state index in [-0.39, 0.29) is 6.79 Å². The van der Waals surface area contributed by atoms with E-state index in [0.29, 0.717) is 19.4 Å². The van der Waals surface area contributed by atoms with Crippen molar-refractivity contribution in [3.05, 3.63) is 23.8 Å². The molecule has 0 aromatic heterocycles. The van der Waals surface area contributed by atoms with E-state index in [9.17, 15) is 4.79 Å². The molecule has 0 radical (unpaired) electrons. The van der Waals surface area contributed by atoms with Gasteiger partial charge in [0.1, 0.15) is 17.8 Å². The smallest absolute Gasteiger partial charge is 0.189 e. The predicted molar refractivity (Wildman–Crippen MR) is 64.5 cm³/mol. The normalized spacial score (nSPS) is 10.0. The van der Waals surface area contributed by atoms with Crippen LogP contribution in [0.5, 0.6) is 11.5 Å². The van der Waals surface area contributed by atoms with Crippen LogP contribution in [-0.4, -0.2) is 26.8 Å². The van der Waals surface area contributed by atoms with Crippen molar-refractivity contribution in [1.29, 1.82) is 0 Å². The monoisotopic (exact) mass is 238 g/mol. The summed E-state index contributed by atoms with van der Waals surface area (Å²) >= 11 is 0. The van der Waals surface area contributed by atoms with Gasteiger partial charge in [-0.2, -0.15) is 0 Å². The van der Waals surface area contributed by atoms with Crippen molar-refractivity contribution < 1.29 is 19.0 Å². The highest BCUT2D eigenvalue weighted by Crippen LogP contribution is 2.25. The number of ether oxygens (including phenoxy) is 3. The molecule has 0 aliphatic rings. The number of rotatable bonds is 8. The van der Waals surface area contributed by atoms with Crippen LogP contribution in [0.2, 0.25) is 0 Å². The van der Waals surface area contributed by atoms with Crippen LogP contribution in [0.1, 0.15) is 18.9 Å². The van der Waals surface area contributed by atoms with Gasteiger partial charge in [-0.1, -0.05) is 0 Å². The summed E-state index contributed by atoms with van der Waals surface area (Å²) in [5.41, 5.74) is 0.955. The number of methoxy groups -OCH3 is 1. The van der Waals surface area contributed by atoms with Crippen LogP contribution in [0, 0.1) is 0 Å². The minimum absolute atomic E-state index is 0.219. The van der Waals surface area contributed by atoms with Gasteiger partial charge in [0.05, 0.1) is 7.11 Å². The second kappa shape index (κ2) is 7.68. The van der Waals surface area contributed by atoms with E-state index in [0.717, 1.165) is 23.3 Å². The Morgan fingerprint density at radius 1 is 1.35 bits per heavy atom. The van der Waals surface area contributed by atoms with E-state index in [4.69, 9.17) is 14.2 Å². The number of hydrogen-bond donors (Lipinski definition) is 0. The third kappa shape index (κ3) is 4.44. The summed E-state index contributed by atoms with van der Waals surface area (Å²) in [6.45, 7) is 2.74. The Bertz CT molecular complexity index is 349. The number of carbonyl (C=O) groups excluding carboxylic acids is 1. The molecular formula is C13H18O4. The number of hydrogen-bond acceptors (Lipinski definition) is 4. The quantitative estimate of drug-likeness (QED) is 0.395. The van der Waals surface area contributed by atoms with Gasteiger partial charge < -0.3 is 19.0 Å². The summed E-state index contributed by atoms with van der Waals surface area (Å²) in [4.78, 5) is 10.4. The molecule has 0 saturated carbocycles. The summed E-state index contributed by atoms with van der Waals surface area (Å²) < 4.78 is 15.8. The maximum absolute atomic E-state index is 10.4. The first-order valence-corrected chi connectivity index (χ1v) is 5.63. The molecule has 1 aromatic carbocycles. The first-order chi connectivity index (χ1) is 8.31. The van der Waals surface area contributed by atoms with Crippen LogP contribution in [0.3, 0.4) is 0 Å². The van der Waals surface area contributed by atoms with E-state index < -0.39 is 0 Å². The molecule has 0 N–H and O–H groups in total. The van der Waals surface area contributed by atoms with Gasteiger partial charge in [-0.25, -0.2) is 0 Å². The number of aldehydes is 1. The fraction of sp³-hybridized carbons (Fsp3) is 0.462. The molecule has 0 spiro atoms. The van der Waals surface area contributed by atoms with Crippen molar-refractivity contribution in [2.24, 2.45) is 0 Å². The Balaban J connectivity index is 2.74. The summed E-state index contributed by atoms with van der Waals surface area (Å²) in [7, 11) is 1.61. The van der Waals surface area contributed by atoms with Gasteiger partial charge >= 0.3 is 0 Å². The van der Waals surface area contributed by atoms with Crippen molar-refractivity contribution in [1.82, 2.24) is 0 Å². The molecule has 0 fully saturated rings. The Kier molecular flexibility index (Phi) is 6.10. The zero-order valence-electron chi connectivity index (χ0n) is 10.3.